The maximum Gasteiger partial charge on any atom is 0.433 e. The van der Waals surface area contributed by atoms with Crippen molar-refractivity contribution in [3.8, 4) is 11.1 Å². The Morgan fingerprint density at radius 2 is 1.05 bits per heavy atom. The van der Waals surface area contributed by atoms with Gasteiger partial charge < -0.3 is 8.85 Å². The summed E-state index contributed by atoms with van der Waals surface area (Å²) < 4.78 is 9.76. The van der Waals surface area contributed by atoms with E-state index in [2.05, 4.69) is 48.5 Å². The summed E-state index contributed by atoms with van der Waals surface area (Å²) in [5.41, 5.74) is 2.55. The van der Waals surface area contributed by atoms with E-state index in [1.807, 2.05) is 26.0 Å². The SMILES string of the molecule is CCO[Si]OCC.c1ccc(-c2ccccc2)cc1. The number of benzene rings is 2. The van der Waals surface area contributed by atoms with Gasteiger partial charge in [-0.3, -0.25) is 0 Å². The topological polar surface area (TPSA) is 18.5 Å². The van der Waals surface area contributed by atoms with Gasteiger partial charge in [0.05, 0.1) is 0 Å². The van der Waals surface area contributed by atoms with Crippen LogP contribution in [-0.4, -0.2) is 23.2 Å². The van der Waals surface area contributed by atoms with Gasteiger partial charge in [0, 0.05) is 13.2 Å². The molecule has 0 saturated heterocycles. The van der Waals surface area contributed by atoms with Crippen molar-refractivity contribution in [3.05, 3.63) is 60.7 Å². The fourth-order valence-corrected chi connectivity index (χ4v) is 1.74. The van der Waals surface area contributed by atoms with Gasteiger partial charge >= 0.3 is 10.0 Å². The van der Waals surface area contributed by atoms with E-state index in [4.69, 9.17) is 8.85 Å². The van der Waals surface area contributed by atoms with Crippen LogP contribution in [-0.2, 0) is 8.85 Å². The highest BCUT2D eigenvalue weighted by Gasteiger charge is 1.91. The Labute approximate surface area is 118 Å². The molecule has 100 valence electrons. The van der Waals surface area contributed by atoms with Gasteiger partial charge in [-0.15, -0.1) is 0 Å². The second-order valence-electron chi connectivity index (χ2n) is 3.68. The predicted octanol–water partition coefficient (Wildman–Crippen LogP) is 3.95. The van der Waals surface area contributed by atoms with Crippen LogP contribution in [0.1, 0.15) is 13.8 Å². The summed E-state index contributed by atoms with van der Waals surface area (Å²) in [4.78, 5) is 0. The molecular formula is C16H20O2Si. The molecule has 0 N–H and O–H groups in total. The highest BCUT2D eigenvalue weighted by Crippen LogP contribution is 2.17. The van der Waals surface area contributed by atoms with Crippen molar-refractivity contribution in [2.75, 3.05) is 13.2 Å². The third-order valence-electron chi connectivity index (χ3n) is 2.29. The average molecular weight is 272 g/mol. The first-order valence-corrected chi connectivity index (χ1v) is 7.29. The number of hydrogen-bond acceptors (Lipinski definition) is 2. The number of hydrogen-bond donors (Lipinski definition) is 0. The Morgan fingerprint density at radius 1 is 0.684 bits per heavy atom. The van der Waals surface area contributed by atoms with Crippen LogP contribution in [0.15, 0.2) is 60.7 Å². The van der Waals surface area contributed by atoms with Crippen molar-refractivity contribution < 1.29 is 8.85 Å². The minimum absolute atomic E-state index is 0.232. The zero-order chi connectivity index (χ0) is 13.8. The molecular weight excluding hydrogens is 252 g/mol. The van der Waals surface area contributed by atoms with Gasteiger partial charge in [-0.05, 0) is 25.0 Å². The van der Waals surface area contributed by atoms with Gasteiger partial charge in [-0.2, -0.15) is 0 Å². The zero-order valence-electron chi connectivity index (χ0n) is 11.5. The van der Waals surface area contributed by atoms with Crippen LogP contribution in [0.3, 0.4) is 0 Å². The Hall–Kier alpha value is -1.42. The molecule has 2 aromatic carbocycles. The van der Waals surface area contributed by atoms with E-state index in [1.165, 1.54) is 11.1 Å². The second-order valence-corrected chi connectivity index (χ2v) is 4.43. The van der Waals surface area contributed by atoms with Gasteiger partial charge in [0.15, 0.2) is 0 Å². The molecule has 0 heterocycles. The van der Waals surface area contributed by atoms with Crippen LogP contribution >= 0.6 is 0 Å². The molecule has 0 aromatic heterocycles. The summed E-state index contributed by atoms with van der Waals surface area (Å²) in [7, 11) is 0.232. The smallest absolute Gasteiger partial charge is 0.393 e. The molecule has 0 atom stereocenters. The minimum atomic E-state index is 0.232. The van der Waals surface area contributed by atoms with Crippen LogP contribution < -0.4 is 0 Å². The van der Waals surface area contributed by atoms with Crippen molar-refractivity contribution in [3.63, 3.8) is 0 Å². The quantitative estimate of drug-likeness (QED) is 0.606. The van der Waals surface area contributed by atoms with E-state index in [0.717, 1.165) is 13.2 Å². The summed E-state index contributed by atoms with van der Waals surface area (Å²) in [6, 6.07) is 20.8. The van der Waals surface area contributed by atoms with Gasteiger partial charge in [0.1, 0.15) is 0 Å². The Kier molecular flexibility index (Phi) is 8.64. The monoisotopic (exact) mass is 272 g/mol. The van der Waals surface area contributed by atoms with Crippen molar-refractivity contribution in [1.29, 1.82) is 0 Å². The van der Waals surface area contributed by atoms with E-state index < -0.39 is 0 Å². The summed E-state index contributed by atoms with van der Waals surface area (Å²) in [6.45, 7) is 5.40. The maximum absolute atomic E-state index is 4.88. The van der Waals surface area contributed by atoms with Crippen molar-refractivity contribution in [2.45, 2.75) is 13.8 Å². The molecule has 3 heteroatoms. The molecule has 0 fully saturated rings. The molecule has 0 aliphatic rings. The Balaban J connectivity index is 0.000000224. The van der Waals surface area contributed by atoms with Crippen LogP contribution in [0.25, 0.3) is 11.1 Å². The van der Waals surface area contributed by atoms with Gasteiger partial charge in [0.2, 0.25) is 0 Å². The van der Waals surface area contributed by atoms with Crippen LogP contribution in [0.4, 0.5) is 0 Å². The highest BCUT2D eigenvalue weighted by molar-refractivity contribution is 6.17. The molecule has 19 heavy (non-hydrogen) atoms. The molecule has 2 rings (SSSR count). The summed E-state index contributed by atoms with van der Waals surface area (Å²) in [5, 5.41) is 0. The largest absolute Gasteiger partial charge is 0.433 e. The average Bonchev–Trinajstić information content (AvgIpc) is 2.50. The van der Waals surface area contributed by atoms with E-state index in [1.54, 1.807) is 0 Å². The predicted molar refractivity (Wildman–Crippen MR) is 80.9 cm³/mol. The first-order valence-electron chi connectivity index (χ1n) is 6.47. The Bertz CT molecular complexity index is 376. The summed E-state index contributed by atoms with van der Waals surface area (Å²) in [6.07, 6.45) is 0. The molecule has 0 bridgehead atoms. The third-order valence-corrected chi connectivity index (χ3v) is 3.10. The number of rotatable bonds is 5. The molecule has 0 unspecified atom stereocenters. The molecule has 0 aliphatic heterocycles. The second kappa shape index (κ2) is 10.5. The fourth-order valence-electron chi connectivity index (χ4n) is 1.42. The Morgan fingerprint density at radius 3 is 1.37 bits per heavy atom. The van der Waals surface area contributed by atoms with E-state index >= 15 is 0 Å². The first kappa shape index (κ1) is 15.6. The van der Waals surface area contributed by atoms with Crippen molar-refractivity contribution >= 4 is 10.0 Å². The molecule has 0 aliphatic carbocycles. The molecule has 2 nitrogen and oxygen atoms in total. The standard InChI is InChI=1S/C12H10.C4H10O2Si/c1-3-7-11(8-4-1)12-9-5-2-6-10-12;1-3-5-7-6-4-2/h1-10H;3-4H2,1-2H3. The van der Waals surface area contributed by atoms with E-state index in [9.17, 15) is 0 Å². The first-order chi connectivity index (χ1) is 9.38. The summed E-state index contributed by atoms with van der Waals surface area (Å²) >= 11 is 0. The third kappa shape index (κ3) is 6.91. The normalized spacial score (nSPS) is 9.58. The zero-order valence-corrected chi connectivity index (χ0v) is 12.5. The minimum Gasteiger partial charge on any atom is -0.393 e. The van der Waals surface area contributed by atoms with Crippen LogP contribution in [0.5, 0.6) is 0 Å². The van der Waals surface area contributed by atoms with E-state index in [0.29, 0.717) is 0 Å². The summed E-state index contributed by atoms with van der Waals surface area (Å²) in [5.74, 6) is 0. The lowest BCUT2D eigenvalue weighted by molar-refractivity contribution is 0.240. The van der Waals surface area contributed by atoms with Gasteiger partial charge in [-0.25, -0.2) is 0 Å². The fraction of sp³-hybridized carbons (Fsp3) is 0.250. The lowest BCUT2D eigenvalue weighted by atomic mass is 10.1. The highest BCUT2D eigenvalue weighted by atomic mass is 28.3. The van der Waals surface area contributed by atoms with Gasteiger partial charge in [-0.1, -0.05) is 60.7 Å². The molecule has 0 saturated carbocycles. The maximum atomic E-state index is 4.88. The van der Waals surface area contributed by atoms with Crippen LogP contribution in [0, 0.1) is 0 Å². The van der Waals surface area contributed by atoms with E-state index in [-0.39, 0.29) is 10.0 Å². The molecule has 2 aromatic rings. The van der Waals surface area contributed by atoms with Crippen molar-refractivity contribution in [2.24, 2.45) is 0 Å². The van der Waals surface area contributed by atoms with Crippen LogP contribution in [0.2, 0.25) is 0 Å². The lowest BCUT2D eigenvalue weighted by Crippen LogP contribution is -2.02. The van der Waals surface area contributed by atoms with Gasteiger partial charge in [0.25, 0.3) is 0 Å². The molecule has 2 radical (unpaired) electrons. The van der Waals surface area contributed by atoms with Crippen molar-refractivity contribution in [1.82, 2.24) is 0 Å². The molecule has 0 amide bonds. The molecule has 0 spiro atoms. The lowest BCUT2D eigenvalue weighted by Gasteiger charge is -1.98.